The number of hydrogen-bond acceptors (Lipinski definition) is 6. The van der Waals surface area contributed by atoms with Gasteiger partial charge in [-0.3, -0.25) is 4.79 Å². The molecule has 0 amide bonds. The fourth-order valence-electron chi connectivity index (χ4n) is 2.02. The molecule has 0 aromatic heterocycles. The van der Waals surface area contributed by atoms with Gasteiger partial charge in [-0.2, -0.15) is 5.48 Å². The van der Waals surface area contributed by atoms with E-state index in [2.05, 4.69) is 11.0 Å². The molecule has 3 unspecified atom stereocenters. The number of nitrogens with one attached hydrogen (secondary N) is 2. The molecule has 2 saturated heterocycles. The monoisotopic (exact) mass is 216 g/mol. The highest BCUT2D eigenvalue weighted by Gasteiger charge is 2.59. The van der Waals surface area contributed by atoms with Crippen LogP contribution in [0.5, 0.6) is 0 Å². The Kier molecular flexibility index (Phi) is 2.46. The Morgan fingerprint density at radius 2 is 2.20 bits per heavy atom. The second-order valence-electron chi connectivity index (χ2n) is 4.28. The smallest absolute Gasteiger partial charge is 0.302 e. The molecule has 15 heavy (non-hydrogen) atoms. The van der Waals surface area contributed by atoms with Crippen molar-refractivity contribution < 1.29 is 19.2 Å². The van der Waals surface area contributed by atoms with Crippen molar-refractivity contribution in [1.82, 2.24) is 11.0 Å². The van der Waals surface area contributed by atoms with E-state index < -0.39 is 11.3 Å². The summed E-state index contributed by atoms with van der Waals surface area (Å²) in [5.74, 6) is -0.292. The molecule has 6 heteroatoms. The zero-order valence-corrected chi connectivity index (χ0v) is 9.12. The zero-order valence-electron chi connectivity index (χ0n) is 9.12. The third kappa shape index (κ3) is 1.53. The van der Waals surface area contributed by atoms with Crippen LogP contribution in [0, 0.1) is 0 Å². The van der Waals surface area contributed by atoms with Gasteiger partial charge in [0.15, 0.2) is 5.72 Å². The Bertz CT molecular complexity index is 285. The van der Waals surface area contributed by atoms with E-state index in [9.17, 15) is 4.79 Å². The number of esters is 1. The summed E-state index contributed by atoms with van der Waals surface area (Å²) in [6.45, 7) is 5.70. The average Bonchev–Trinajstić information content (AvgIpc) is 2.43. The Balaban J connectivity index is 2.21. The molecular formula is C9H16N2O4. The number of carbonyl (C=O) groups is 1. The molecular weight excluding hydrogens is 200 g/mol. The van der Waals surface area contributed by atoms with Crippen molar-refractivity contribution in [3.63, 3.8) is 0 Å². The molecule has 6 nitrogen and oxygen atoms in total. The van der Waals surface area contributed by atoms with Gasteiger partial charge in [-0.15, -0.1) is 5.48 Å². The van der Waals surface area contributed by atoms with Gasteiger partial charge < -0.3 is 9.47 Å². The molecule has 2 heterocycles. The molecule has 3 atom stereocenters. The van der Waals surface area contributed by atoms with Crippen molar-refractivity contribution in [3.8, 4) is 0 Å². The maximum absolute atomic E-state index is 11.0. The summed E-state index contributed by atoms with van der Waals surface area (Å²) in [5.41, 5.74) is 4.32. The topological polar surface area (TPSA) is 68.8 Å². The molecule has 2 fully saturated rings. The maximum atomic E-state index is 11.0. The summed E-state index contributed by atoms with van der Waals surface area (Å²) in [7, 11) is 0. The van der Waals surface area contributed by atoms with Crippen LogP contribution in [0.25, 0.3) is 0 Å². The van der Waals surface area contributed by atoms with Crippen LogP contribution in [0.1, 0.15) is 27.2 Å². The lowest BCUT2D eigenvalue weighted by Crippen LogP contribution is -2.68. The molecule has 0 aromatic rings. The molecule has 2 aliphatic rings. The molecule has 0 aliphatic carbocycles. The Morgan fingerprint density at radius 3 is 2.87 bits per heavy atom. The van der Waals surface area contributed by atoms with Crippen LogP contribution in [-0.4, -0.2) is 29.9 Å². The van der Waals surface area contributed by atoms with Crippen LogP contribution in [0.4, 0.5) is 0 Å². The highest BCUT2D eigenvalue weighted by atomic mass is 16.8. The SMILES string of the molecule is CC(=O)OC1CCOC2(C)NONC12C. The maximum Gasteiger partial charge on any atom is 0.302 e. The van der Waals surface area contributed by atoms with Crippen LogP contribution in [0.3, 0.4) is 0 Å². The molecule has 2 rings (SSSR count). The summed E-state index contributed by atoms with van der Waals surface area (Å²) < 4.78 is 10.9. The quantitative estimate of drug-likeness (QED) is 0.594. The van der Waals surface area contributed by atoms with Crippen LogP contribution in [0.15, 0.2) is 0 Å². The van der Waals surface area contributed by atoms with E-state index in [0.29, 0.717) is 13.0 Å². The zero-order chi connectivity index (χ0) is 11.1. The highest BCUT2D eigenvalue weighted by Crippen LogP contribution is 2.37. The first kappa shape index (κ1) is 10.8. The predicted octanol–water partition coefficient (Wildman–Crippen LogP) is -0.147. The van der Waals surface area contributed by atoms with E-state index >= 15 is 0 Å². The number of fused-ring (bicyclic) bond motifs is 1. The van der Waals surface area contributed by atoms with Crippen molar-refractivity contribution in [2.24, 2.45) is 0 Å². The van der Waals surface area contributed by atoms with E-state index in [-0.39, 0.29) is 12.1 Å². The third-order valence-electron chi connectivity index (χ3n) is 3.22. The van der Waals surface area contributed by atoms with Crippen LogP contribution in [0.2, 0.25) is 0 Å². The van der Waals surface area contributed by atoms with Gasteiger partial charge in [0.1, 0.15) is 11.6 Å². The summed E-state index contributed by atoms with van der Waals surface area (Å²) >= 11 is 0. The van der Waals surface area contributed by atoms with Crippen molar-refractivity contribution in [1.29, 1.82) is 0 Å². The first-order valence-corrected chi connectivity index (χ1v) is 4.99. The Morgan fingerprint density at radius 1 is 1.47 bits per heavy atom. The van der Waals surface area contributed by atoms with E-state index in [1.54, 1.807) is 0 Å². The first-order valence-electron chi connectivity index (χ1n) is 4.99. The fourth-order valence-corrected chi connectivity index (χ4v) is 2.02. The number of rotatable bonds is 1. The first-order chi connectivity index (χ1) is 6.98. The van der Waals surface area contributed by atoms with Crippen molar-refractivity contribution >= 4 is 5.97 Å². The summed E-state index contributed by atoms with van der Waals surface area (Å²) in [5, 5.41) is 0. The molecule has 2 aliphatic heterocycles. The third-order valence-corrected chi connectivity index (χ3v) is 3.22. The number of hydroxylamine groups is 2. The summed E-state index contributed by atoms with van der Waals surface area (Å²) in [6, 6.07) is 0. The molecule has 0 bridgehead atoms. The molecule has 0 saturated carbocycles. The van der Waals surface area contributed by atoms with Crippen molar-refractivity contribution in [2.45, 2.75) is 44.6 Å². The van der Waals surface area contributed by atoms with Crippen LogP contribution in [-0.2, 0) is 19.2 Å². The van der Waals surface area contributed by atoms with Crippen LogP contribution < -0.4 is 11.0 Å². The van der Waals surface area contributed by atoms with E-state index in [4.69, 9.17) is 14.4 Å². The molecule has 86 valence electrons. The van der Waals surface area contributed by atoms with Gasteiger partial charge in [0.05, 0.1) is 6.61 Å². The molecule has 0 radical (unpaired) electrons. The standard InChI is InChI=1S/C9H16N2O4/c1-6(12)14-7-4-5-13-9(3)8(7,2)10-15-11-9/h7,10-11H,4-5H2,1-3H3. The molecule has 0 spiro atoms. The highest BCUT2D eigenvalue weighted by molar-refractivity contribution is 5.66. The second-order valence-corrected chi connectivity index (χ2v) is 4.28. The normalized spacial score (nSPS) is 44.9. The van der Waals surface area contributed by atoms with Gasteiger partial charge in [0, 0.05) is 13.3 Å². The minimum absolute atomic E-state index is 0.260. The molecule has 0 aromatic carbocycles. The van der Waals surface area contributed by atoms with Crippen molar-refractivity contribution in [3.05, 3.63) is 0 Å². The van der Waals surface area contributed by atoms with Crippen LogP contribution >= 0.6 is 0 Å². The largest absolute Gasteiger partial charge is 0.460 e. The molecule has 2 N–H and O–H groups in total. The number of hydrogen-bond donors (Lipinski definition) is 2. The van der Waals surface area contributed by atoms with E-state index in [1.807, 2.05) is 13.8 Å². The van der Waals surface area contributed by atoms with Crippen molar-refractivity contribution in [2.75, 3.05) is 6.61 Å². The van der Waals surface area contributed by atoms with E-state index in [1.165, 1.54) is 6.92 Å². The minimum Gasteiger partial charge on any atom is -0.460 e. The lowest BCUT2D eigenvalue weighted by atomic mass is 9.81. The van der Waals surface area contributed by atoms with Gasteiger partial charge in [0.25, 0.3) is 0 Å². The fraction of sp³-hybridized carbons (Fsp3) is 0.889. The van der Waals surface area contributed by atoms with Gasteiger partial charge in [0.2, 0.25) is 0 Å². The lowest BCUT2D eigenvalue weighted by Gasteiger charge is -2.45. The van der Waals surface area contributed by atoms with Gasteiger partial charge in [-0.05, 0) is 13.8 Å². The number of ether oxygens (including phenoxy) is 2. The predicted molar refractivity (Wildman–Crippen MR) is 50.3 cm³/mol. The minimum atomic E-state index is -0.675. The Labute approximate surface area is 88.2 Å². The second kappa shape index (κ2) is 3.41. The lowest BCUT2D eigenvalue weighted by molar-refractivity contribution is -0.188. The Hall–Kier alpha value is -0.690. The average molecular weight is 216 g/mol. The summed E-state index contributed by atoms with van der Waals surface area (Å²) in [6.07, 6.45) is 0.396. The van der Waals surface area contributed by atoms with E-state index in [0.717, 1.165) is 0 Å². The van der Waals surface area contributed by atoms with Gasteiger partial charge in [-0.1, -0.05) is 0 Å². The van der Waals surface area contributed by atoms with Gasteiger partial charge in [-0.25, -0.2) is 4.94 Å². The number of carbonyl (C=O) groups excluding carboxylic acids is 1. The summed E-state index contributed by atoms with van der Waals surface area (Å²) in [4.78, 5) is 16.0. The van der Waals surface area contributed by atoms with Gasteiger partial charge >= 0.3 is 5.97 Å².